The Morgan fingerprint density at radius 1 is 1.25 bits per heavy atom. The van der Waals surface area contributed by atoms with Gasteiger partial charge in [0, 0.05) is 0 Å². The monoisotopic (exact) mass is 122 g/mol. The number of hydrogen-bond acceptors (Lipinski definition) is 0. The van der Waals surface area contributed by atoms with Crippen LogP contribution in [0.4, 0.5) is 0 Å². The van der Waals surface area contributed by atoms with Gasteiger partial charge in [-0.05, 0) is 0 Å². The van der Waals surface area contributed by atoms with E-state index in [-0.39, 0.29) is 89.1 Å². The van der Waals surface area contributed by atoms with Crippen molar-refractivity contribution in [1.82, 2.24) is 0 Å². The zero-order chi connectivity index (χ0) is 0. The third kappa shape index (κ3) is 8.82. The van der Waals surface area contributed by atoms with Gasteiger partial charge >= 0.3 is 51.4 Å². The van der Waals surface area contributed by atoms with E-state index in [1.54, 1.807) is 0 Å². The molecule has 0 saturated carbocycles. The molecule has 0 rings (SSSR count). The average molecular weight is 122 g/mol. The molecule has 4 heteroatoms. The van der Waals surface area contributed by atoms with Gasteiger partial charge in [-0.25, -0.2) is 0 Å². The molecule has 0 bridgehead atoms. The summed E-state index contributed by atoms with van der Waals surface area (Å²) in [5, 5.41) is 0. The summed E-state index contributed by atoms with van der Waals surface area (Å²) in [6.07, 6.45) is 0. The molecule has 0 aliphatic carbocycles. The molecule has 0 aromatic heterocycles. The molecule has 0 aromatic carbocycles. The summed E-state index contributed by atoms with van der Waals surface area (Å²) in [5.74, 6) is 0. The Labute approximate surface area is 87.3 Å². The molecule has 2 N–H and O–H groups in total. The predicted octanol–water partition coefficient (Wildman–Crippen LogP) is -4.78. The molecule has 4 heavy (non-hydrogen) atoms. The molecule has 0 heterocycles. The van der Waals surface area contributed by atoms with Crippen LogP contribution in [0.2, 0.25) is 0 Å². The molecule has 0 aliphatic rings. The maximum Gasteiger partial charge on any atom is 1.00 e. The van der Waals surface area contributed by atoms with Crippen molar-refractivity contribution >= 4 is 30.9 Å². The van der Waals surface area contributed by atoms with Gasteiger partial charge in [-0.15, -0.1) is 0 Å². The van der Waals surface area contributed by atoms with Crippen LogP contribution in [0, 0.1) is 0 Å². The molecular weight excluding hydrogens is 114 g/mol. The Morgan fingerprint density at radius 2 is 1.25 bits per heavy atom. The molecule has 0 amide bonds. The molecule has 0 atom stereocenters. The molecular formula is H8AlKOS. The van der Waals surface area contributed by atoms with Gasteiger partial charge < -0.3 is 6.90 Å². The summed E-state index contributed by atoms with van der Waals surface area (Å²) in [5.41, 5.74) is 0. The maximum absolute atomic E-state index is 0. The van der Waals surface area contributed by atoms with Crippen molar-refractivity contribution in [2.75, 3.05) is 0 Å². The zero-order valence-electron chi connectivity index (χ0n) is 3.00. The van der Waals surface area contributed by atoms with Crippen LogP contribution in [-0.2, 0) is 0 Å². The first-order valence-electron chi connectivity index (χ1n) is 0. The minimum Gasteiger partial charge on any atom is -1.00 e. The normalized spacial score (nSPS) is 0. The van der Waals surface area contributed by atoms with Crippen LogP contribution in [0.25, 0.3) is 0 Å². The summed E-state index contributed by atoms with van der Waals surface area (Å²) in [4.78, 5) is 0. The summed E-state index contributed by atoms with van der Waals surface area (Å²) < 4.78 is 0. The molecule has 24 valence electrons. The van der Waals surface area contributed by atoms with Gasteiger partial charge in [-0.1, -0.05) is 0 Å². The third-order valence-corrected chi connectivity index (χ3v) is 0. The van der Waals surface area contributed by atoms with Crippen molar-refractivity contribution in [3.63, 3.8) is 0 Å². The zero-order valence-corrected chi connectivity index (χ0v) is 6.12. The van der Waals surface area contributed by atoms with E-state index in [1.807, 2.05) is 0 Å². The van der Waals surface area contributed by atoms with Crippen LogP contribution in [-0.4, -0.2) is 22.8 Å². The molecule has 1 nitrogen and oxygen atoms in total. The van der Waals surface area contributed by atoms with Crippen LogP contribution in [0.1, 0.15) is 1.43 Å². The molecule has 0 aromatic rings. The Kier molecular flexibility index (Phi) is 142. The van der Waals surface area contributed by atoms with Crippen LogP contribution < -0.4 is 51.4 Å². The van der Waals surface area contributed by atoms with E-state index in [9.17, 15) is 0 Å². The minimum absolute atomic E-state index is 0. The SMILES string of the molecule is O.S.[AlH3].[H-].[K+]. The maximum atomic E-state index is 0. The fourth-order valence-corrected chi connectivity index (χ4v) is 0. The second-order valence-corrected chi connectivity index (χ2v) is 0. The second kappa shape index (κ2) is 17.9. The van der Waals surface area contributed by atoms with Crippen molar-refractivity contribution in [2.45, 2.75) is 0 Å². The van der Waals surface area contributed by atoms with Crippen LogP contribution in [0.3, 0.4) is 0 Å². The van der Waals surface area contributed by atoms with Crippen molar-refractivity contribution in [1.29, 1.82) is 0 Å². The Morgan fingerprint density at radius 3 is 1.25 bits per heavy atom. The Balaban J connectivity index is 0. The first-order chi connectivity index (χ1) is 0. The van der Waals surface area contributed by atoms with Gasteiger partial charge in [-0.2, -0.15) is 13.5 Å². The first-order valence-corrected chi connectivity index (χ1v) is 0. The van der Waals surface area contributed by atoms with Crippen molar-refractivity contribution in [3.8, 4) is 0 Å². The fraction of sp³-hybridized carbons (Fsp3) is 0. The predicted molar refractivity (Wildman–Crippen MR) is 25.0 cm³/mol. The van der Waals surface area contributed by atoms with E-state index in [4.69, 9.17) is 0 Å². The van der Waals surface area contributed by atoms with E-state index in [0.717, 1.165) is 0 Å². The summed E-state index contributed by atoms with van der Waals surface area (Å²) in [7, 11) is 0. The molecule has 0 radical (unpaired) electrons. The summed E-state index contributed by atoms with van der Waals surface area (Å²) in [6.45, 7) is 0. The van der Waals surface area contributed by atoms with E-state index < -0.39 is 0 Å². The standard InChI is InChI=1S/Al.K.H2O.H2S.4H/h;;2*1H2;;;;/q;+1;;;;;;-1. The number of hydrogen-bond donors (Lipinski definition) is 0. The molecule has 0 saturated heterocycles. The van der Waals surface area contributed by atoms with Gasteiger partial charge in [0.1, 0.15) is 0 Å². The molecule has 0 fully saturated rings. The van der Waals surface area contributed by atoms with Gasteiger partial charge in [0.2, 0.25) is 0 Å². The van der Waals surface area contributed by atoms with E-state index in [2.05, 4.69) is 0 Å². The third-order valence-electron chi connectivity index (χ3n) is 0. The Hall–Kier alpha value is 2.48. The van der Waals surface area contributed by atoms with E-state index in [1.165, 1.54) is 0 Å². The topological polar surface area (TPSA) is 31.5 Å². The van der Waals surface area contributed by atoms with Gasteiger partial charge in [-0.3, -0.25) is 0 Å². The quantitative estimate of drug-likeness (QED) is 0.289. The van der Waals surface area contributed by atoms with Crippen molar-refractivity contribution in [3.05, 3.63) is 0 Å². The van der Waals surface area contributed by atoms with E-state index in [0.29, 0.717) is 0 Å². The second-order valence-electron chi connectivity index (χ2n) is 0. The van der Waals surface area contributed by atoms with Crippen LogP contribution in [0.5, 0.6) is 0 Å². The van der Waals surface area contributed by atoms with Crippen molar-refractivity contribution < 1.29 is 58.3 Å². The van der Waals surface area contributed by atoms with Crippen LogP contribution >= 0.6 is 13.5 Å². The van der Waals surface area contributed by atoms with Gasteiger partial charge in [0.05, 0.1) is 0 Å². The molecule has 0 unspecified atom stereocenters. The first kappa shape index (κ1) is 31.7. The number of rotatable bonds is 0. The summed E-state index contributed by atoms with van der Waals surface area (Å²) >= 11 is 0. The van der Waals surface area contributed by atoms with Gasteiger partial charge in [0.25, 0.3) is 0 Å². The largest absolute Gasteiger partial charge is 1.00 e. The average Bonchev–Trinajstić information content (AvgIpc) is 0. The smallest absolute Gasteiger partial charge is 1.00 e. The fourth-order valence-electron chi connectivity index (χ4n) is 0. The van der Waals surface area contributed by atoms with E-state index >= 15 is 0 Å². The van der Waals surface area contributed by atoms with Gasteiger partial charge in [0.15, 0.2) is 17.4 Å². The van der Waals surface area contributed by atoms with Crippen LogP contribution in [0.15, 0.2) is 0 Å². The Bertz CT molecular complexity index is 11.6. The molecule has 0 aliphatic heterocycles. The minimum atomic E-state index is 0. The van der Waals surface area contributed by atoms with Crippen molar-refractivity contribution in [2.24, 2.45) is 0 Å². The molecule has 0 spiro atoms. The summed E-state index contributed by atoms with van der Waals surface area (Å²) in [6, 6.07) is 0.